The van der Waals surface area contributed by atoms with Gasteiger partial charge in [-0.2, -0.15) is 4.31 Å². The monoisotopic (exact) mass is 299 g/mol. The maximum absolute atomic E-state index is 12.6. The van der Waals surface area contributed by atoms with Gasteiger partial charge in [0.2, 0.25) is 0 Å². The fraction of sp³-hybridized carbons (Fsp3) is 0.417. The average molecular weight is 300 g/mol. The molecule has 0 bridgehead atoms. The average Bonchev–Trinajstić information content (AvgIpc) is 2.62. The van der Waals surface area contributed by atoms with Crippen LogP contribution in [0.3, 0.4) is 0 Å². The second kappa shape index (κ2) is 4.47. The smallest absolute Gasteiger partial charge is 0.262 e. The summed E-state index contributed by atoms with van der Waals surface area (Å²) in [5.74, 6) is 0. The molecule has 2 aromatic heterocycles. The maximum atomic E-state index is 12.6. The fourth-order valence-corrected chi connectivity index (χ4v) is 4.27. The van der Waals surface area contributed by atoms with Gasteiger partial charge in [-0.05, 0) is 25.0 Å². The predicted octanol–water partition coefficient (Wildman–Crippen LogP) is 2.16. The Morgan fingerprint density at radius 2 is 2.16 bits per heavy atom. The lowest BCUT2D eigenvalue weighted by Gasteiger charge is -2.33. The van der Waals surface area contributed by atoms with E-state index in [0.29, 0.717) is 5.65 Å². The van der Waals surface area contributed by atoms with Crippen molar-refractivity contribution in [1.29, 1.82) is 0 Å². The minimum absolute atomic E-state index is 0.0253. The number of pyridine rings is 1. The molecule has 102 valence electrons. The van der Waals surface area contributed by atoms with Crippen molar-refractivity contribution in [2.45, 2.75) is 30.3 Å². The largest absolute Gasteiger partial charge is 0.288 e. The molecular weight excluding hydrogens is 286 g/mol. The lowest BCUT2D eigenvalue weighted by atomic mass is 9.94. The van der Waals surface area contributed by atoms with Crippen LogP contribution in [-0.2, 0) is 10.0 Å². The van der Waals surface area contributed by atoms with E-state index >= 15 is 0 Å². The Hall–Kier alpha value is -1.11. The molecule has 1 fully saturated rings. The Morgan fingerprint density at radius 3 is 2.79 bits per heavy atom. The molecule has 1 aliphatic rings. The molecule has 0 atom stereocenters. The highest BCUT2D eigenvalue weighted by molar-refractivity contribution is 7.89. The van der Waals surface area contributed by atoms with Crippen LogP contribution in [-0.4, -0.2) is 35.2 Å². The summed E-state index contributed by atoms with van der Waals surface area (Å²) in [7, 11) is -2.00. The summed E-state index contributed by atoms with van der Waals surface area (Å²) in [5.41, 5.74) is 0.535. The van der Waals surface area contributed by atoms with E-state index in [2.05, 4.69) is 4.98 Å². The van der Waals surface area contributed by atoms with Gasteiger partial charge in [0, 0.05) is 19.3 Å². The molecule has 1 aliphatic carbocycles. The van der Waals surface area contributed by atoms with Crippen LogP contribution in [0.1, 0.15) is 19.3 Å². The third-order valence-electron chi connectivity index (χ3n) is 3.66. The van der Waals surface area contributed by atoms with Gasteiger partial charge in [-0.1, -0.05) is 24.1 Å². The van der Waals surface area contributed by atoms with E-state index in [1.807, 2.05) is 0 Å². The molecule has 0 saturated heterocycles. The van der Waals surface area contributed by atoms with Gasteiger partial charge < -0.3 is 0 Å². The van der Waals surface area contributed by atoms with E-state index in [0.717, 1.165) is 19.3 Å². The molecule has 0 aliphatic heterocycles. The van der Waals surface area contributed by atoms with E-state index in [-0.39, 0.29) is 16.2 Å². The summed E-state index contributed by atoms with van der Waals surface area (Å²) < 4.78 is 28.2. The van der Waals surface area contributed by atoms with Crippen molar-refractivity contribution in [1.82, 2.24) is 13.7 Å². The minimum Gasteiger partial charge on any atom is -0.288 e. The van der Waals surface area contributed by atoms with Crippen molar-refractivity contribution in [3.63, 3.8) is 0 Å². The fourth-order valence-electron chi connectivity index (χ4n) is 2.26. The van der Waals surface area contributed by atoms with Crippen LogP contribution in [0.5, 0.6) is 0 Å². The molecule has 5 nitrogen and oxygen atoms in total. The number of halogens is 1. The van der Waals surface area contributed by atoms with Gasteiger partial charge in [0.15, 0.2) is 10.2 Å². The number of hydrogen-bond acceptors (Lipinski definition) is 3. The van der Waals surface area contributed by atoms with Gasteiger partial charge in [0.1, 0.15) is 5.65 Å². The molecule has 7 heteroatoms. The summed E-state index contributed by atoms with van der Waals surface area (Å²) in [6, 6.07) is 5.36. The minimum atomic E-state index is -3.61. The Bertz CT molecular complexity index is 722. The topological polar surface area (TPSA) is 54.7 Å². The molecule has 3 rings (SSSR count). The van der Waals surface area contributed by atoms with Gasteiger partial charge in [-0.3, -0.25) is 4.40 Å². The van der Waals surface area contributed by atoms with Gasteiger partial charge in [-0.25, -0.2) is 13.4 Å². The van der Waals surface area contributed by atoms with E-state index in [4.69, 9.17) is 11.6 Å². The van der Waals surface area contributed by atoms with Crippen LogP contribution in [0.15, 0.2) is 29.4 Å². The predicted molar refractivity (Wildman–Crippen MR) is 72.8 cm³/mol. The third-order valence-corrected chi connectivity index (χ3v) is 5.97. The lowest BCUT2D eigenvalue weighted by molar-refractivity contribution is 0.249. The van der Waals surface area contributed by atoms with Gasteiger partial charge >= 0.3 is 0 Å². The number of sulfonamides is 1. The van der Waals surface area contributed by atoms with Crippen molar-refractivity contribution in [2.24, 2.45) is 0 Å². The van der Waals surface area contributed by atoms with E-state index < -0.39 is 10.0 Å². The van der Waals surface area contributed by atoms with Crippen LogP contribution >= 0.6 is 11.6 Å². The number of fused-ring (bicyclic) bond motifs is 1. The van der Waals surface area contributed by atoms with Crippen LogP contribution < -0.4 is 0 Å². The Balaban J connectivity index is 2.15. The second-order valence-corrected chi connectivity index (χ2v) is 7.01. The molecule has 2 aromatic rings. The highest BCUT2D eigenvalue weighted by atomic mass is 35.5. The van der Waals surface area contributed by atoms with Crippen LogP contribution in [0, 0.1) is 0 Å². The summed E-state index contributed by atoms with van der Waals surface area (Å²) >= 11 is 6.02. The Kier molecular flexibility index (Phi) is 3.03. The summed E-state index contributed by atoms with van der Waals surface area (Å²) in [6.45, 7) is 0. The van der Waals surface area contributed by atoms with E-state index in [1.165, 1.54) is 8.71 Å². The molecule has 0 spiro atoms. The SMILES string of the molecule is CN(C1CCC1)S(=O)(=O)c1c(Cl)nc2ccccn12. The highest BCUT2D eigenvalue weighted by Crippen LogP contribution is 2.31. The summed E-state index contributed by atoms with van der Waals surface area (Å²) in [6.07, 6.45) is 4.55. The molecule has 0 unspecified atom stereocenters. The normalized spacial score (nSPS) is 17.0. The van der Waals surface area contributed by atoms with Crippen LogP contribution in [0.2, 0.25) is 5.15 Å². The van der Waals surface area contributed by atoms with E-state index in [9.17, 15) is 8.42 Å². The third kappa shape index (κ3) is 1.94. The number of nitrogens with zero attached hydrogens (tertiary/aromatic N) is 3. The molecule has 0 radical (unpaired) electrons. The zero-order chi connectivity index (χ0) is 13.6. The van der Waals surface area contributed by atoms with Crippen molar-refractivity contribution < 1.29 is 8.42 Å². The first-order chi connectivity index (χ1) is 9.01. The summed E-state index contributed by atoms with van der Waals surface area (Å²) in [4.78, 5) is 4.09. The van der Waals surface area contributed by atoms with Gasteiger partial charge in [0.25, 0.3) is 10.0 Å². The first-order valence-corrected chi connectivity index (χ1v) is 7.94. The van der Waals surface area contributed by atoms with Crippen LogP contribution in [0.25, 0.3) is 5.65 Å². The number of hydrogen-bond donors (Lipinski definition) is 0. The van der Waals surface area contributed by atoms with Crippen molar-refractivity contribution in [2.75, 3.05) is 7.05 Å². The first kappa shape index (κ1) is 12.9. The summed E-state index contributed by atoms with van der Waals surface area (Å²) in [5, 5.41) is 0.0801. The van der Waals surface area contributed by atoms with Crippen LogP contribution in [0.4, 0.5) is 0 Å². The Labute approximate surface area is 116 Å². The first-order valence-electron chi connectivity index (χ1n) is 6.12. The molecule has 2 heterocycles. The molecule has 0 aromatic carbocycles. The highest BCUT2D eigenvalue weighted by Gasteiger charge is 2.35. The zero-order valence-electron chi connectivity index (χ0n) is 10.5. The number of imidazole rings is 1. The van der Waals surface area contributed by atoms with E-state index in [1.54, 1.807) is 31.4 Å². The van der Waals surface area contributed by atoms with Gasteiger partial charge in [-0.15, -0.1) is 0 Å². The molecule has 0 amide bonds. The Morgan fingerprint density at radius 1 is 1.42 bits per heavy atom. The standard InChI is InChI=1S/C12H14ClN3O2S/c1-15(9-5-4-6-9)19(17,18)12-11(13)14-10-7-2-3-8-16(10)12/h2-3,7-9H,4-6H2,1H3. The number of rotatable bonds is 3. The zero-order valence-corrected chi connectivity index (χ0v) is 12.0. The van der Waals surface area contributed by atoms with Crippen molar-refractivity contribution >= 4 is 27.3 Å². The molecule has 1 saturated carbocycles. The number of aromatic nitrogens is 2. The maximum Gasteiger partial charge on any atom is 0.262 e. The van der Waals surface area contributed by atoms with Crippen molar-refractivity contribution in [3.05, 3.63) is 29.5 Å². The quantitative estimate of drug-likeness (QED) is 0.873. The lowest BCUT2D eigenvalue weighted by Crippen LogP contribution is -2.41. The van der Waals surface area contributed by atoms with Crippen molar-refractivity contribution in [3.8, 4) is 0 Å². The second-order valence-electron chi connectivity index (χ2n) is 4.74. The molecule has 19 heavy (non-hydrogen) atoms. The van der Waals surface area contributed by atoms with Gasteiger partial charge in [0.05, 0.1) is 0 Å². The molecule has 0 N–H and O–H groups in total. The molecular formula is C12H14ClN3O2S.